The van der Waals surface area contributed by atoms with Crippen LogP contribution in [0.2, 0.25) is 0 Å². The highest BCUT2D eigenvalue weighted by molar-refractivity contribution is 14.1. The van der Waals surface area contributed by atoms with E-state index in [0.717, 1.165) is 9.26 Å². The summed E-state index contributed by atoms with van der Waals surface area (Å²) in [5.41, 5.74) is 0.965. The molecule has 0 amide bonds. The molecule has 0 spiro atoms. The van der Waals surface area contributed by atoms with E-state index < -0.39 is 12.8 Å². The average molecular weight is 359 g/mol. The number of halogens is 4. The first-order valence-electron chi connectivity index (χ1n) is 5.11. The standard InChI is InChI=1S/C11H13F3INO/c12-11(13,14)8-17-6-2-5-16-10-4-1-3-9(15)7-10/h1,3-4,7,16H,2,5-6,8H2. The van der Waals surface area contributed by atoms with Crippen molar-refractivity contribution in [3.05, 3.63) is 27.8 Å². The van der Waals surface area contributed by atoms with Gasteiger partial charge < -0.3 is 10.1 Å². The molecule has 0 bridgehead atoms. The molecule has 1 aromatic rings. The van der Waals surface area contributed by atoms with Gasteiger partial charge in [-0.15, -0.1) is 0 Å². The largest absolute Gasteiger partial charge is 0.411 e. The molecule has 0 aromatic heterocycles. The van der Waals surface area contributed by atoms with Crippen molar-refractivity contribution in [1.29, 1.82) is 0 Å². The molecule has 17 heavy (non-hydrogen) atoms. The highest BCUT2D eigenvalue weighted by Gasteiger charge is 2.27. The van der Waals surface area contributed by atoms with Crippen molar-refractivity contribution in [3.8, 4) is 0 Å². The molecule has 1 N–H and O–H groups in total. The van der Waals surface area contributed by atoms with Gasteiger partial charge in [0.2, 0.25) is 0 Å². The number of anilines is 1. The number of alkyl halides is 3. The molecule has 0 saturated heterocycles. The van der Waals surface area contributed by atoms with Crippen LogP contribution in [0.3, 0.4) is 0 Å². The molecule has 0 aliphatic heterocycles. The number of nitrogens with one attached hydrogen (secondary N) is 1. The summed E-state index contributed by atoms with van der Waals surface area (Å²) in [4.78, 5) is 0. The van der Waals surface area contributed by atoms with Crippen LogP contribution in [0.1, 0.15) is 6.42 Å². The van der Waals surface area contributed by atoms with Crippen LogP contribution in [-0.4, -0.2) is 25.9 Å². The Labute approximate surface area is 112 Å². The van der Waals surface area contributed by atoms with Gasteiger partial charge in [-0.3, -0.25) is 0 Å². The summed E-state index contributed by atoms with van der Waals surface area (Å²) in [7, 11) is 0. The van der Waals surface area contributed by atoms with E-state index >= 15 is 0 Å². The highest BCUT2D eigenvalue weighted by atomic mass is 127. The van der Waals surface area contributed by atoms with Crippen LogP contribution < -0.4 is 5.32 Å². The maximum Gasteiger partial charge on any atom is 0.411 e. The van der Waals surface area contributed by atoms with Crippen LogP contribution in [0, 0.1) is 3.57 Å². The summed E-state index contributed by atoms with van der Waals surface area (Å²) in [6, 6.07) is 7.78. The van der Waals surface area contributed by atoms with E-state index in [4.69, 9.17) is 0 Å². The molecular formula is C11H13F3INO. The fourth-order valence-corrected chi connectivity index (χ4v) is 1.74. The van der Waals surface area contributed by atoms with Gasteiger partial charge in [0.1, 0.15) is 6.61 Å². The zero-order valence-corrected chi connectivity index (χ0v) is 11.2. The third-order valence-electron chi connectivity index (χ3n) is 1.88. The Morgan fingerprint density at radius 2 is 2.06 bits per heavy atom. The predicted octanol–water partition coefficient (Wildman–Crippen LogP) is 3.67. The summed E-state index contributed by atoms with van der Waals surface area (Å²) in [5, 5.41) is 3.12. The minimum atomic E-state index is -4.23. The highest BCUT2D eigenvalue weighted by Crippen LogP contribution is 2.14. The summed E-state index contributed by atoms with van der Waals surface area (Å²) in [5.74, 6) is 0. The predicted molar refractivity (Wildman–Crippen MR) is 69.1 cm³/mol. The Morgan fingerprint density at radius 3 is 2.71 bits per heavy atom. The first-order chi connectivity index (χ1) is 7.97. The molecule has 1 rings (SSSR count). The van der Waals surface area contributed by atoms with E-state index in [9.17, 15) is 13.2 Å². The molecule has 96 valence electrons. The normalized spacial score (nSPS) is 11.5. The van der Waals surface area contributed by atoms with E-state index in [1.807, 2.05) is 24.3 Å². The SMILES string of the molecule is FC(F)(F)COCCCNc1cccc(I)c1. The maximum absolute atomic E-state index is 11.7. The Morgan fingerprint density at radius 1 is 1.29 bits per heavy atom. The van der Waals surface area contributed by atoms with Gasteiger partial charge in [-0.1, -0.05) is 6.07 Å². The molecule has 6 heteroatoms. The lowest BCUT2D eigenvalue weighted by Gasteiger charge is -2.09. The number of hydrogen-bond donors (Lipinski definition) is 1. The number of rotatable bonds is 6. The Balaban J connectivity index is 2.09. The zero-order valence-electron chi connectivity index (χ0n) is 9.06. The van der Waals surface area contributed by atoms with Crippen LogP contribution in [0.15, 0.2) is 24.3 Å². The van der Waals surface area contributed by atoms with Gasteiger partial charge in [-0.05, 0) is 47.2 Å². The minimum Gasteiger partial charge on any atom is -0.385 e. The smallest absolute Gasteiger partial charge is 0.385 e. The fourth-order valence-electron chi connectivity index (χ4n) is 1.19. The van der Waals surface area contributed by atoms with Crippen LogP contribution >= 0.6 is 22.6 Å². The molecule has 0 saturated carbocycles. The third-order valence-corrected chi connectivity index (χ3v) is 2.56. The van der Waals surface area contributed by atoms with Crippen LogP contribution in [0.25, 0.3) is 0 Å². The fraction of sp³-hybridized carbons (Fsp3) is 0.455. The van der Waals surface area contributed by atoms with E-state index in [1.165, 1.54) is 0 Å². The molecule has 0 fully saturated rings. The van der Waals surface area contributed by atoms with Gasteiger partial charge in [-0.25, -0.2) is 0 Å². The minimum absolute atomic E-state index is 0.108. The third kappa shape index (κ3) is 7.43. The van der Waals surface area contributed by atoms with Gasteiger partial charge in [0, 0.05) is 22.4 Å². The van der Waals surface area contributed by atoms with Crippen molar-refractivity contribution in [3.63, 3.8) is 0 Å². The molecule has 0 aliphatic carbocycles. The van der Waals surface area contributed by atoms with Crippen molar-refractivity contribution >= 4 is 28.3 Å². The second kappa shape index (κ2) is 7.05. The lowest BCUT2D eigenvalue weighted by atomic mass is 10.3. The maximum atomic E-state index is 11.7. The van der Waals surface area contributed by atoms with E-state index in [-0.39, 0.29) is 6.61 Å². The molecule has 1 aromatic carbocycles. The Kier molecular flexibility index (Phi) is 6.04. The van der Waals surface area contributed by atoms with Gasteiger partial charge in [0.25, 0.3) is 0 Å². The van der Waals surface area contributed by atoms with Gasteiger partial charge in [0.05, 0.1) is 0 Å². The van der Waals surface area contributed by atoms with E-state index in [1.54, 1.807) is 0 Å². The summed E-state index contributed by atoms with van der Waals surface area (Å²) in [6.07, 6.45) is -3.69. The number of hydrogen-bond acceptors (Lipinski definition) is 2. The van der Waals surface area contributed by atoms with Crippen LogP contribution in [0.4, 0.5) is 18.9 Å². The van der Waals surface area contributed by atoms with Crippen LogP contribution in [-0.2, 0) is 4.74 Å². The average Bonchev–Trinajstić information content (AvgIpc) is 2.22. The van der Waals surface area contributed by atoms with E-state index in [2.05, 4.69) is 32.6 Å². The molecule has 0 radical (unpaired) electrons. The molecule has 0 atom stereocenters. The second-order valence-electron chi connectivity index (χ2n) is 3.46. The Bertz CT molecular complexity index is 344. The van der Waals surface area contributed by atoms with Crippen molar-refractivity contribution in [2.45, 2.75) is 12.6 Å². The van der Waals surface area contributed by atoms with Gasteiger partial charge >= 0.3 is 6.18 Å². The second-order valence-corrected chi connectivity index (χ2v) is 4.70. The first-order valence-corrected chi connectivity index (χ1v) is 6.19. The van der Waals surface area contributed by atoms with Gasteiger partial charge in [-0.2, -0.15) is 13.2 Å². The lowest BCUT2D eigenvalue weighted by Crippen LogP contribution is -2.18. The summed E-state index contributed by atoms with van der Waals surface area (Å²) < 4.78 is 40.8. The van der Waals surface area contributed by atoms with Crippen LogP contribution in [0.5, 0.6) is 0 Å². The molecule has 0 aliphatic rings. The summed E-state index contributed by atoms with van der Waals surface area (Å²) in [6.45, 7) is -0.468. The topological polar surface area (TPSA) is 21.3 Å². The summed E-state index contributed by atoms with van der Waals surface area (Å²) >= 11 is 2.20. The number of benzene rings is 1. The van der Waals surface area contributed by atoms with E-state index in [0.29, 0.717) is 13.0 Å². The Hall–Kier alpha value is -0.500. The molecule has 2 nitrogen and oxygen atoms in total. The first kappa shape index (κ1) is 14.6. The van der Waals surface area contributed by atoms with Crippen molar-refractivity contribution in [2.75, 3.05) is 25.1 Å². The monoisotopic (exact) mass is 359 g/mol. The molecular weight excluding hydrogens is 346 g/mol. The van der Waals surface area contributed by atoms with Crippen molar-refractivity contribution in [2.24, 2.45) is 0 Å². The zero-order chi connectivity index (χ0) is 12.7. The quantitative estimate of drug-likeness (QED) is 0.618. The lowest BCUT2D eigenvalue weighted by molar-refractivity contribution is -0.173. The van der Waals surface area contributed by atoms with Crippen molar-refractivity contribution < 1.29 is 17.9 Å². The van der Waals surface area contributed by atoms with Gasteiger partial charge in [0.15, 0.2) is 0 Å². The number of ether oxygens (including phenoxy) is 1. The molecule has 0 heterocycles. The molecule has 0 unspecified atom stereocenters. The van der Waals surface area contributed by atoms with Crippen molar-refractivity contribution in [1.82, 2.24) is 0 Å².